The van der Waals surface area contributed by atoms with E-state index < -0.39 is 0 Å². The zero-order valence-corrected chi connectivity index (χ0v) is 14.1. The fourth-order valence-electron chi connectivity index (χ4n) is 2.19. The highest BCUT2D eigenvalue weighted by Gasteiger charge is 2.00. The van der Waals surface area contributed by atoms with Crippen LogP contribution >= 0.6 is 0 Å². The zero-order valence-electron chi connectivity index (χ0n) is 14.1. The Bertz CT molecular complexity index is 829. The van der Waals surface area contributed by atoms with Gasteiger partial charge in [-0.25, -0.2) is 9.99 Å². The minimum absolute atomic E-state index is 0.527. The van der Waals surface area contributed by atoms with Gasteiger partial charge in [-0.3, -0.25) is 0 Å². The lowest BCUT2D eigenvalue weighted by Gasteiger charge is -2.18. The fourth-order valence-corrected chi connectivity index (χ4v) is 2.19. The summed E-state index contributed by atoms with van der Waals surface area (Å²) >= 11 is 0. The van der Waals surface area contributed by atoms with E-state index >= 15 is 0 Å². The van der Waals surface area contributed by atoms with Crippen molar-refractivity contribution in [2.24, 2.45) is 12.0 Å². The monoisotopic (exact) mass is 319 g/mol. The molecule has 0 atom stereocenters. The minimum atomic E-state index is 0.527. The number of rotatable bonds is 3. The van der Waals surface area contributed by atoms with Crippen LogP contribution in [0.15, 0.2) is 72.2 Å². The van der Waals surface area contributed by atoms with Crippen LogP contribution in [0.3, 0.4) is 0 Å². The first kappa shape index (κ1) is 15.8. The third-order valence-electron chi connectivity index (χ3n) is 3.54. The van der Waals surface area contributed by atoms with Gasteiger partial charge in [0.25, 0.3) is 6.33 Å². The number of aliphatic imine (C=N–C) groups is 1. The number of aromatic nitrogens is 2. The first-order chi connectivity index (χ1) is 11.6. The number of hydrogen-bond donors (Lipinski definition) is 1. The van der Waals surface area contributed by atoms with Crippen molar-refractivity contribution in [3.8, 4) is 0 Å². The Morgan fingerprint density at radius 2 is 1.62 bits per heavy atom. The molecule has 3 rings (SSSR count). The van der Waals surface area contributed by atoms with Gasteiger partial charge in [-0.2, -0.15) is 4.68 Å². The summed E-state index contributed by atoms with van der Waals surface area (Å²) in [6.45, 7) is 4.12. The molecule has 24 heavy (non-hydrogen) atoms. The molecular formula is C19H21N5. The van der Waals surface area contributed by atoms with Crippen molar-refractivity contribution in [3.63, 3.8) is 0 Å². The highest BCUT2D eigenvalue weighted by atomic mass is 15.5. The van der Waals surface area contributed by atoms with Crippen molar-refractivity contribution in [2.75, 3.05) is 5.32 Å². The summed E-state index contributed by atoms with van der Waals surface area (Å²) in [5.74, 6) is 0.527. The molecule has 0 aliphatic heterocycles. The molecule has 1 heterocycles. The Morgan fingerprint density at radius 1 is 1.00 bits per heavy atom. The van der Waals surface area contributed by atoms with Crippen molar-refractivity contribution >= 4 is 17.3 Å². The second kappa shape index (κ2) is 7.00. The van der Waals surface area contributed by atoms with E-state index in [1.807, 2.05) is 66.7 Å². The smallest absolute Gasteiger partial charge is 0.257 e. The SMILES string of the molecule is Cc1ccc(N=C([N-][n+]2ccn(C)c2)Nc2ccc(C)cc2)cc1. The maximum atomic E-state index is 4.63. The molecule has 0 radical (unpaired) electrons. The first-order valence-electron chi connectivity index (χ1n) is 7.83. The lowest BCUT2D eigenvalue weighted by molar-refractivity contribution is -0.616. The van der Waals surface area contributed by atoms with Gasteiger partial charge in [-0.15, -0.1) is 0 Å². The lowest BCUT2D eigenvalue weighted by atomic mass is 10.2. The number of guanidine groups is 1. The van der Waals surface area contributed by atoms with E-state index in [0.717, 1.165) is 11.4 Å². The van der Waals surface area contributed by atoms with Crippen molar-refractivity contribution in [1.82, 2.24) is 4.57 Å². The Labute approximate surface area is 142 Å². The highest BCUT2D eigenvalue weighted by Crippen LogP contribution is 2.15. The number of nitrogens with zero attached hydrogens (tertiary/aromatic N) is 4. The Hall–Kier alpha value is -3.08. The molecule has 5 heteroatoms. The van der Waals surface area contributed by atoms with Crippen LogP contribution in [0.4, 0.5) is 11.4 Å². The third-order valence-corrected chi connectivity index (χ3v) is 3.54. The van der Waals surface area contributed by atoms with Gasteiger partial charge in [0.2, 0.25) is 0 Å². The predicted molar refractivity (Wildman–Crippen MR) is 97.4 cm³/mol. The number of hydrogen-bond acceptors (Lipinski definition) is 1. The molecule has 3 aromatic rings. The maximum Gasteiger partial charge on any atom is 0.257 e. The van der Waals surface area contributed by atoms with E-state index in [0.29, 0.717) is 5.96 Å². The standard InChI is InChI=1S/C19H21N5/c1-15-4-8-17(9-5-15)20-19(22-24-13-12-23(3)14-24)21-18-10-6-16(2)7-11-18/h4-14H,1-3H3,(H,20,21). The molecule has 1 aromatic heterocycles. The molecule has 1 N–H and O–H groups in total. The van der Waals surface area contributed by atoms with Crippen LogP contribution in [0.1, 0.15) is 11.1 Å². The molecule has 0 aliphatic rings. The molecule has 0 saturated heterocycles. The topological polar surface area (TPSA) is 47.3 Å². The van der Waals surface area contributed by atoms with Crippen LogP contribution in [-0.2, 0) is 7.05 Å². The van der Waals surface area contributed by atoms with E-state index in [1.165, 1.54) is 11.1 Å². The van der Waals surface area contributed by atoms with E-state index in [9.17, 15) is 0 Å². The van der Waals surface area contributed by atoms with Crippen LogP contribution in [0.2, 0.25) is 0 Å². The molecule has 0 fully saturated rings. The van der Waals surface area contributed by atoms with E-state index in [2.05, 4.69) is 41.7 Å². The van der Waals surface area contributed by atoms with Crippen molar-refractivity contribution < 1.29 is 4.68 Å². The van der Waals surface area contributed by atoms with Gasteiger partial charge >= 0.3 is 0 Å². The van der Waals surface area contributed by atoms with Crippen molar-refractivity contribution in [1.29, 1.82) is 0 Å². The highest BCUT2D eigenvalue weighted by molar-refractivity contribution is 6.02. The van der Waals surface area contributed by atoms with Crippen LogP contribution in [0.5, 0.6) is 0 Å². The number of aryl methyl sites for hydroxylation is 3. The third kappa shape index (κ3) is 4.23. The van der Waals surface area contributed by atoms with E-state index in [1.54, 1.807) is 4.68 Å². The second-order valence-electron chi connectivity index (χ2n) is 5.82. The molecule has 0 unspecified atom stereocenters. The number of anilines is 1. The van der Waals surface area contributed by atoms with Crippen LogP contribution in [-0.4, -0.2) is 10.5 Å². The molecule has 122 valence electrons. The van der Waals surface area contributed by atoms with E-state index in [4.69, 9.17) is 0 Å². The largest absolute Gasteiger partial charge is 0.409 e. The van der Waals surface area contributed by atoms with Gasteiger partial charge in [0.05, 0.1) is 13.0 Å². The average molecular weight is 319 g/mol. The average Bonchev–Trinajstić information content (AvgIpc) is 2.97. The van der Waals surface area contributed by atoms with Crippen molar-refractivity contribution in [3.05, 3.63) is 83.8 Å². The number of imidazole rings is 1. The lowest BCUT2D eigenvalue weighted by Crippen LogP contribution is -2.32. The minimum Gasteiger partial charge on any atom is -0.409 e. The quantitative estimate of drug-likeness (QED) is 0.445. The zero-order chi connectivity index (χ0) is 16.9. The Kier molecular flexibility index (Phi) is 4.61. The second-order valence-corrected chi connectivity index (χ2v) is 5.82. The summed E-state index contributed by atoms with van der Waals surface area (Å²) in [6.07, 6.45) is 5.68. The molecule has 0 aliphatic carbocycles. The summed E-state index contributed by atoms with van der Waals surface area (Å²) in [6, 6.07) is 16.2. The van der Waals surface area contributed by atoms with Crippen LogP contribution < -0.4 is 9.99 Å². The normalized spacial score (nSPS) is 11.4. The summed E-state index contributed by atoms with van der Waals surface area (Å²) in [5.41, 5.74) is 8.78. The fraction of sp³-hybridized carbons (Fsp3) is 0.158. The molecule has 5 nitrogen and oxygen atoms in total. The molecule has 0 spiro atoms. The van der Waals surface area contributed by atoms with Gasteiger partial charge < -0.3 is 10.3 Å². The van der Waals surface area contributed by atoms with Crippen LogP contribution in [0.25, 0.3) is 5.43 Å². The first-order valence-corrected chi connectivity index (χ1v) is 7.83. The van der Waals surface area contributed by atoms with Gasteiger partial charge in [-0.1, -0.05) is 59.7 Å². The van der Waals surface area contributed by atoms with Gasteiger partial charge in [0, 0.05) is 0 Å². The predicted octanol–water partition coefficient (Wildman–Crippen LogP) is 3.87. The number of benzene rings is 2. The van der Waals surface area contributed by atoms with E-state index in [-0.39, 0.29) is 0 Å². The summed E-state index contributed by atoms with van der Waals surface area (Å²) in [7, 11) is 1.95. The van der Waals surface area contributed by atoms with Gasteiger partial charge in [0.1, 0.15) is 12.4 Å². The van der Waals surface area contributed by atoms with Crippen LogP contribution in [0, 0.1) is 13.8 Å². The molecule has 0 saturated carbocycles. The maximum absolute atomic E-state index is 4.63. The van der Waals surface area contributed by atoms with Gasteiger partial charge in [0.15, 0.2) is 0 Å². The Balaban J connectivity index is 1.87. The molecule has 0 amide bonds. The van der Waals surface area contributed by atoms with Gasteiger partial charge in [-0.05, 0) is 25.2 Å². The summed E-state index contributed by atoms with van der Waals surface area (Å²) in [4.78, 5) is 4.63. The molecular weight excluding hydrogens is 298 g/mol. The molecule has 2 aromatic carbocycles. The summed E-state index contributed by atoms with van der Waals surface area (Å²) in [5, 5.41) is 3.28. The Morgan fingerprint density at radius 3 is 2.21 bits per heavy atom. The summed E-state index contributed by atoms with van der Waals surface area (Å²) < 4.78 is 3.66. The number of nitrogens with one attached hydrogen (secondary N) is 1. The molecule has 0 bridgehead atoms. The van der Waals surface area contributed by atoms with Crippen molar-refractivity contribution in [2.45, 2.75) is 13.8 Å².